The first-order valence-corrected chi connectivity index (χ1v) is 10.8. The third-order valence-corrected chi connectivity index (χ3v) is 5.41. The SMILES string of the molecule is CCOc1cc(CNC(=NC)NC(C)c2cccc(N3CCCC3)c2)ccc1OC.I. The van der Waals surface area contributed by atoms with E-state index in [0.717, 1.165) is 36.1 Å². The second-order valence-electron chi connectivity index (χ2n) is 7.50. The van der Waals surface area contributed by atoms with E-state index in [0.29, 0.717) is 13.2 Å². The van der Waals surface area contributed by atoms with Gasteiger partial charge in [0.2, 0.25) is 0 Å². The molecule has 1 unspecified atom stereocenters. The van der Waals surface area contributed by atoms with Gasteiger partial charge in [-0.15, -0.1) is 24.0 Å². The monoisotopic (exact) mass is 538 g/mol. The fourth-order valence-electron chi connectivity index (χ4n) is 3.73. The maximum atomic E-state index is 5.67. The number of guanidine groups is 1. The quantitative estimate of drug-likeness (QED) is 0.289. The van der Waals surface area contributed by atoms with E-state index < -0.39 is 0 Å². The third kappa shape index (κ3) is 6.92. The van der Waals surface area contributed by atoms with Crippen LogP contribution in [0.2, 0.25) is 0 Å². The van der Waals surface area contributed by atoms with Crippen molar-refractivity contribution < 1.29 is 9.47 Å². The normalized spacial score (nSPS) is 14.6. The molecule has 2 N–H and O–H groups in total. The predicted octanol–water partition coefficient (Wildman–Crippen LogP) is 4.74. The Morgan fingerprint density at radius 2 is 1.90 bits per heavy atom. The highest BCUT2D eigenvalue weighted by Gasteiger charge is 2.14. The second kappa shape index (κ2) is 12.6. The Kier molecular flexibility index (Phi) is 10.2. The molecule has 31 heavy (non-hydrogen) atoms. The lowest BCUT2D eigenvalue weighted by Gasteiger charge is -2.22. The van der Waals surface area contributed by atoms with Crippen LogP contribution in [-0.4, -0.2) is 39.8 Å². The Balaban J connectivity index is 0.00000341. The van der Waals surface area contributed by atoms with Gasteiger partial charge in [-0.2, -0.15) is 0 Å². The van der Waals surface area contributed by atoms with Gasteiger partial charge in [-0.05, 0) is 62.1 Å². The van der Waals surface area contributed by atoms with Crippen molar-refractivity contribution in [2.24, 2.45) is 4.99 Å². The summed E-state index contributed by atoms with van der Waals surface area (Å²) in [5.74, 6) is 2.27. The highest BCUT2D eigenvalue weighted by atomic mass is 127. The lowest BCUT2D eigenvalue weighted by molar-refractivity contribution is 0.310. The summed E-state index contributed by atoms with van der Waals surface area (Å²) in [4.78, 5) is 6.85. The molecule has 0 amide bonds. The largest absolute Gasteiger partial charge is 0.493 e. The number of methoxy groups -OCH3 is 1. The predicted molar refractivity (Wildman–Crippen MR) is 139 cm³/mol. The van der Waals surface area contributed by atoms with Crippen molar-refractivity contribution in [2.75, 3.05) is 38.8 Å². The Morgan fingerprint density at radius 1 is 1.13 bits per heavy atom. The maximum absolute atomic E-state index is 5.67. The van der Waals surface area contributed by atoms with E-state index in [-0.39, 0.29) is 30.0 Å². The van der Waals surface area contributed by atoms with E-state index in [1.54, 1.807) is 14.2 Å². The van der Waals surface area contributed by atoms with Crippen molar-refractivity contribution in [3.05, 3.63) is 53.6 Å². The van der Waals surface area contributed by atoms with E-state index >= 15 is 0 Å². The smallest absolute Gasteiger partial charge is 0.191 e. The number of hydrogen-bond acceptors (Lipinski definition) is 4. The minimum absolute atomic E-state index is 0. The number of ether oxygens (including phenoxy) is 2. The Hall–Kier alpha value is -2.16. The third-order valence-electron chi connectivity index (χ3n) is 5.41. The lowest BCUT2D eigenvalue weighted by Crippen LogP contribution is -2.38. The number of hydrogen-bond donors (Lipinski definition) is 2. The van der Waals surface area contributed by atoms with Gasteiger partial charge in [0.1, 0.15) is 0 Å². The molecule has 0 radical (unpaired) electrons. The van der Waals surface area contributed by atoms with Crippen LogP contribution in [-0.2, 0) is 6.54 Å². The van der Waals surface area contributed by atoms with Gasteiger partial charge >= 0.3 is 0 Å². The average molecular weight is 538 g/mol. The summed E-state index contributed by atoms with van der Waals surface area (Å²) in [5, 5.41) is 6.89. The van der Waals surface area contributed by atoms with Crippen LogP contribution < -0.4 is 25.0 Å². The Labute approximate surface area is 203 Å². The minimum atomic E-state index is 0. The first kappa shape index (κ1) is 25.1. The lowest BCUT2D eigenvalue weighted by atomic mass is 10.1. The molecular weight excluding hydrogens is 503 g/mol. The number of rotatable bonds is 8. The van der Waals surface area contributed by atoms with Crippen molar-refractivity contribution in [2.45, 2.75) is 39.3 Å². The standard InChI is InChI=1S/C24H34N4O2.HI/c1-5-30-23-15-19(11-12-22(23)29-4)17-26-24(25-3)27-18(2)20-9-8-10-21(16-20)28-13-6-7-14-28;/h8-12,15-16,18H,5-7,13-14,17H2,1-4H3,(H2,25,26,27);1H. The van der Waals surface area contributed by atoms with Gasteiger partial charge in [-0.1, -0.05) is 18.2 Å². The van der Waals surface area contributed by atoms with Crippen LogP contribution in [0.1, 0.15) is 43.9 Å². The van der Waals surface area contributed by atoms with Crippen LogP contribution in [0.4, 0.5) is 5.69 Å². The molecule has 1 aliphatic rings. The molecule has 170 valence electrons. The van der Waals surface area contributed by atoms with Gasteiger partial charge in [0.25, 0.3) is 0 Å². The van der Waals surface area contributed by atoms with Crippen LogP contribution in [0.15, 0.2) is 47.5 Å². The van der Waals surface area contributed by atoms with Gasteiger partial charge in [0.15, 0.2) is 17.5 Å². The van der Waals surface area contributed by atoms with Crippen LogP contribution in [0, 0.1) is 0 Å². The topological polar surface area (TPSA) is 58.1 Å². The summed E-state index contributed by atoms with van der Waals surface area (Å²) in [6, 6.07) is 14.9. The number of nitrogens with zero attached hydrogens (tertiary/aromatic N) is 2. The molecule has 3 rings (SSSR count). The van der Waals surface area contributed by atoms with Crippen molar-refractivity contribution >= 4 is 35.6 Å². The van der Waals surface area contributed by atoms with Crippen molar-refractivity contribution in [3.8, 4) is 11.5 Å². The van der Waals surface area contributed by atoms with E-state index in [9.17, 15) is 0 Å². The van der Waals surface area contributed by atoms with E-state index in [1.807, 2.05) is 25.1 Å². The number of nitrogens with one attached hydrogen (secondary N) is 2. The minimum Gasteiger partial charge on any atom is -0.493 e. The van der Waals surface area contributed by atoms with Crippen LogP contribution >= 0.6 is 24.0 Å². The average Bonchev–Trinajstić information content (AvgIpc) is 3.32. The molecule has 6 nitrogen and oxygen atoms in total. The number of anilines is 1. The van der Waals surface area contributed by atoms with Crippen molar-refractivity contribution in [1.82, 2.24) is 10.6 Å². The van der Waals surface area contributed by atoms with Gasteiger partial charge in [0.05, 0.1) is 19.8 Å². The van der Waals surface area contributed by atoms with Gasteiger partial charge in [-0.3, -0.25) is 4.99 Å². The van der Waals surface area contributed by atoms with Crippen LogP contribution in [0.3, 0.4) is 0 Å². The molecule has 7 heteroatoms. The zero-order valence-electron chi connectivity index (χ0n) is 19.0. The van der Waals surface area contributed by atoms with E-state index in [1.165, 1.54) is 24.1 Å². The summed E-state index contributed by atoms with van der Waals surface area (Å²) < 4.78 is 11.0. The second-order valence-corrected chi connectivity index (χ2v) is 7.50. The molecule has 0 aliphatic carbocycles. The number of aliphatic imine (C=N–C) groups is 1. The summed E-state index contributed by atoms with van der Waals surface area (Å²) in [6.07, 6.45) is 2.57. The maximum Gasteiger partial charge on any atom is 0.191 e. The van der Waals surface area contributed by atoms with Gasteiger partial charge in [0, 0.05) is 32.4 Å². The molecular formula is C24H35IN4O2. The molecule has 0 spiro atoms. The number of benzene rings is 2. The molecule has 1 fully saturated rings. The summed E-state index contributed by atoms with van der Waals surface area (Å²) >= 11 is 0. The molecule has 0 saturated carbocycles. The Bertz CT molecular complexity index is 853. The first-order valence-electron chi connectivity index (χ1n) is 10.8. The fraction of sp³-hybridized carbons (Fsp3) is 0.458. The molecule has 0 aromatic heterocycles. The summed E-state index contributed by atoms with van der Waals surface area (Å²) in [7, 11) is 3.45. The first-order chi connectivity index (χ1) is 14.6. The molecule has 0 bridgehead atoms. The Morgan fingerprint density at radius 3 is 2.58 bits per heavy atom. The van der Waals surface area contributed by atoms with Crippen molar-refractivity contribution in [3.63, 3.8) is 0 Å². The summed E-state index contributed by atoms with van der Waals surface area (Å²) in [5.41, 5.74) is 3.67. The molecule has 1 atom stereocenters. The highest BCUT2D eigenvalue weighted by molar-refractivity contribution is 14.0. The van der Waals surface area contributed by atoms with Gasteiger partial charge < -0.3 is 25.0 Å². The molecule has 2 aromatic rings. The molecule has 1 saturated heterocycles. The zero-order valence-corrected chi connectivity index (χ0v) is 21.3. The van der Waals surface area contributed by atoms with Crippen LogP contribution in [0.5, 0.6) is 11.5 Å². The zero-order chi connectivity index (χ0) is 21.3. The summed E-state index contributed by atoms with van der Waals surface area (Å²) in [6.45, 7) is 7.68. The van der Waals surface area contributed by atoms with Crippen LogP contribution in [0.25, 0.3) is 0 Å². The van der Waals surface area contributed by atoms with Crippen molar-refractivity contribution in [1.29, 1.82) is 0 Å². The highest BCUT2D eigenvalue weighted by Crippen LogP contribution is 2.28. The van der Waals surface area contributed by atoms with E-state index in [2.05, 4.69) is 51.7 Å². The fourth-order valence-corrected chi connectivity index (χ4v) is 3.73. The number of halogens is 1. The molecule has 1 aliphatic heterocycles. The molecule has 1 heterocycles. The molecule has 2 aromatic carbocycles. The van der Waals surface area contributed by atoms with Gasteiger partial charge in [-0.25, -0.2) is 0 Å². The van der Waals surface area contributed by atoms with E-state index in [4.69, 9.17) is 9.47 Å².